The van der Waals surface area contributed by atoms with Crippen LogP contribution in [0.3, 0.4) is 0 Å². The lowest BCUT2D eigenvalue weighted by atomic mass is 10.0. The molecule has 4 aromatic rings. The molecule has 3 atom stereocenters. The molecular weight excluding hydrogens is 510 g/mol. The first-order valence-corrected chi connectivity index (χ1v) is 14.4. The highest BCUT2D eigenvalue weighted by Crippen LogP contribution is 2.51. The van der Waals surface area contributed by atoms with Gasteiger partial charge in [0.1, 0.15) is 11.9 Å². The van der Waals surface area contributed by atoms with Crippen LogP contribution in [0.5, 0.6) is 0 Å². The minimum atomic E-state index is -0.794. The summed E-state index contributed by atoms with van der Waals surface area (Å²) in [6.45, 7) is 8.73. The van der Waals surface area contributed by atoms with Crippen LogP contribution in [0.25, 0.3) is 20.5 Å². The van der Waals surface area contributed by atoms with E-state index in [1.54, 1.807) is 23.7 Å². The van der Waals surface area contributed by atoms with Crippen molar-refractivity contribution >= 4 is 33.2 Å². The Morgan fingerprint density at radius 2 is 1.92 bits per heavy atom. The summed E-state index contributed by atoms with van der Waals surface area (Å²) in [5.74, 6) is 0.469. The molecule has 3 aromatic heterocycles. The lowest BCUT2D eigenvalue weighted by Crippen LogP contribution is -2.46. The Morgan fingerprint density at radius 3 is 2.69 bits per heavy atom. The van der Waals surface area contributed by atoms with Gasteiger partial charge in [-0.2, -0.15) is 4.98 Å². The highest BCUT2D eigenvalue weighted by atomic mass is 32.1. The van der Waals surface area contributed by atoms with Gasteiger partial charge in [0.15, 0.2) is 11.5 Å². The van der Waals surface area contributed by atoms with Gasteiger partial charge < -0.3 is 25.2 Å². The number of hydrogen-bond donors (Lipinski definition) is 3. The molecular formula is C30H35N5O3S. The fraction of sp³-hybridized carbons (Fsp3) is 0.433. The molecule has 1 aliphatic carbocycles. The Balaban J connectivity index is 1.46. The fourth-order valence-corrected chi connectivity index (χ4v) is 7.43. The van der Waals surface area contributed by atoms with Gasteiger partial charge in [-0.05, 0) is 74.7 Å². The maximum Gasteiger partial charge on any atom is 0.225 e. The van der Waals surface area contributed by atoms with E-state index < -0.39 is 11.5 Å². The van der Waals surface area contributed by atoms with Gasteiger partial charge in [0.05, 0.1) is 11.3 Å². The molecule has 1 saturated carbocycles. The average molecular weight is 546 g/mol. The number of ether oxygens (including phenoxy) is 2. The maximum absolute atomic E-state index is 10.1. The van der Waals surface area contributed by atoms with Crippen LogP contribution in [0.4, 0.5) is 11.8 Å². The van der Waals surface area contributed by atoms with Crippen molar-refractivity contribution in [2.24, 2.45) is 5.92 Å². The summed E-state index contributed by atoms with van der Waals surface area (Å²) < 4.78 is 14.2. The first-order valence-electron chi connectivity index (χ1n) is 13.6. The van der Waals surface area contributed by atoms with Crippen molar-refractivity contribution in [1.82, 2.24) is 15.0 Å². The number of nitrogens with one attached hydrogen (secondary N) is 2. The predicted molar refractivity (Wildman–Crippen MR) is 155 cm³/mol. The highest BCUT2D eigenvalue weighted by molar-refractivity contribution is 7.22. The molecule has 2 fully saturated rings. The standard InChI is InChI=1S/C30H35N5O3S/c1-5-21-22-8-6-7-9-23(22)39-25(21)24-18(2)33-28(32-16-19-11-14-31-15-12-19)34-27(24)35-30-13-10-20(17-36)26(30)37-29(3,4)38-30/h6-9,11-12,14-15,20,26,36H,5,10,13,16-17H2,1-4H3,(H2,32,33,34,35). The summed E-state index contributed by atoms with van der Waals surface area (Å²) in [7, 11) is 0. The van der Waals surface area contributed by atoms with Gasteiger partial charge >= 0.3 is 0 Å². The van der Waals surface area contributed by atoms with Crippen molar-refractivity contribution in [1.29, 1.82) is 0 Å². The van der Waals surface area contributed by atoms with Gasteiger partial charge in [-0.25, -0.2) is 4.98 Å². The van der Waals surface area contributed by atoms with Crippen LogP contribution >= 0.6 is 11.3 Å². The quantitative estimate of drug-likeness (QED) is 0.252. The number of aromatic nitrogens is 3. The zero-order valence-electron chi connectivity index (χ0n) is 22.8. The van der Waals surface area contributed by atoms with Gasteiger partial charge in [-0.1, -0.05) is 25.1 Å². The molecule has 6 rings (SSSR count). The van der Waals surface area contributed by atoms with E-state index in [0.717, 1.165) is 29.7 Å². The fourth-order valence-electron chi connectivity index (χ4n) is 6.04. The number of hydrogen-bond acceptors (Lipinski definition) is 9. The van der Waals surface area contributed by atoms with Crippen molar-refractivity contribution < 1.29 is 14.6 Å². The maximum atomic E-state index is 10.1. The normalized spacial score (nSPS) is 23.7. The molecule has 2 aliphatic rings. The van der Waals surface area contributed by atoms with Crippen molar-refractivity contribution in [3.63, 3.8) is 0 Å². The van der Waals surface area contributed by atoms with E-state index in [4.69, 9.17) is 19.4 Å². The van der Waals surface area contributed by atoms with Gasteiger partial charge in [0, 0.05) is 41.0 Å². The molecule has 4 heterocycles. The summed E-state index contributed by atoms with van der Waals surface area (Å²) in [4.78, 5) is 15.2. The minimum absolute atomic E-state index is 0.00882. The molecule has 0 amide bonds. The largest absolute Gasteiger partial charge is 0.396 e. The second-order valence-corrected chi connectivity index (χ2v) is 11.9. The number of fused-ring (bicyclic) bond motifs is 2. The second kappa shape index (κ2) is 10.1. The van der Waals surface area contributed by atoms with E-state index in [0.29, 0.717) is 24.7 Å². The first kappa shape index (κ1) is 26.1. The number of anilines is 2. The van der Waals surface area contributed by atoms with E-state index in [-0.39, 0.29) is 18.6 Å². The molecule has 39 heavy (non-hydrogen) atoms. The molecule has 8 nitrogen and oxygen atoms in total. The third kappa shape index (κ3) is 4.78. The molecule has 9 heteroatoms. The van der Waals surface area contributed by atoms with Crippen LogP contribution in [0.2, 0.25) is 0 Å². The van der Waals surface area contributed by atoms with Crippen LogP contribution in [-0.2, 0) is 22.4 Å². The van der Waals surface area contributed by atoms with Crippen molar-refractivity contribution in [2.45, 2.75) is 71.1 Å². The SMILES string of the molecule is CCc1c(-c2c(C)nc(NCc3ccncc3)nc2NC23CCC(CO)C2OC(C)(C)O3)sc2ccccc12. The van der Waals surface area contributed by atoms with Gasteiger partial charge in [-0.15, -0.1) is 11.3 Å². The number of aryl methyl sites for hydroxylation is 2. The molecule has 3 N–H and O–H groups in total. The Bertz CT molecular complexity index is 1490. The summed E-state index contributed by atoms with van der Waals surface area (Å²) in [6, 6.07) is 12.5. The number of rotatable bonds is 8. The van der Waals surface area contributed by atoms with E-state index in [2.05, 4.69) is 46.8 Å². The van der Waals surface area contributed by atoms with Crippen molar-refractivity contribution in [3.8, 4) is 10.4 Å². The minimum Gasteiger partial charge on any atom is -0.396 e. The first-order chi connectivity index (χ1) is 18.8. The third-order valence-electron chi connectivity index (χ3n) is 7.75. The van der Waals surface area contributed by atoms with E-state index in [1.807, 2.05) is 32.9 Å². The van der Waals surface area contributed by atoms with Gasteiger partial charge in [0.25, 0.3) is 0 Å². The molecule has 1 saturated heterocycles. The lowest BCUT2D eigenvalue weighted by molar-refractivity contribution is -0.168. The Hall–Kier alpha value is -3.11. The van der Waals surface area contributed by atoms with Crippen LogP contribution in [0.15, 0.2) is 48.8 Å². The van der Waals surface area contributed by atoms with E-state index >= 15 is 0 Å². The summed E-state index contributed by atoms with van der Waals surface area (Å²) >= 11 is 1.77. The zero-order chi connectivity index (χ0) is 27.2. The lowest BCUT2D eigenvalue weighted by Gasteiger charge is -2.31. The van der Waals surface area contributed by atoms with E-state index in [1.165, 1.54) is 20.5 Å². The molecule has 1 aromatic carbocycles. The van der Waals surface area contributed by atoms with Crippen molar-refractivity contribution in [2.75, 3.05) is 17.2 Å². The number of thiophene rings is 1. The average Bonchev–Trinajstić information content (AvgIpc) is 3.53. The van der Waals surface area contributed by atoms with Crippen LogP contribution in [0, 0.1) is 12.8 Å². The Morgan fingerprint density at radius 1 is 1.13 bits per heavy atom. The number of nitrogens with zero attached hydrogens (tertiary/aromatic N) is 3. The number of pyridine rings is 1. The predicted octanol–water partition coefficient (Wildman–Crippen LogP) is 5.90. The zero-order valence-corrected chi connectivity index (χ0v) is 23.6. The van der Waals surface area contributed by atoms with Crippen LogP contribution < -0.4 is 10.6 Å². The highest BCUT2D eigenvalue weighted by Gasteiger charge is 2.60. The molecule has 1 aliphatic heterocycles. The topological polar surface area (TPSA) is 101 Å². The summed E-state index contributed by atoms with van der Waals surface area (Å²) in [5.41, 5.74) is 3.46. The van der Waals surface area contributed by atoms with Gasteiger partial charge in [-0.3, -0.25) is 4.98 Å². The Labute approximate surface area is 232 Å². The molecule has 0 spiro atoms. The monoisotopic (exact) mass is 545 g/mol. The molecule has 0 radical (unpaired) electrons. The van der Waals surface area contributed by atoms with E-state index in [9.17, 15) is 5.11 Å². The van der Waals surface area contributed by atoms with Crippen LogP contribution in [-0.4, -0.2) is 44.3 Å². The molecule has 0 bridgehead atoms. The Kier molecular flexibility index (Phi) is 6.79. The number of aliphatic hydroxyl groups is 1. The van der Waals surface area contributed by atoms with Crippen LogP contribution in [0.1, 0.15) is 50.4 Å². The third-order valence-corrected chi connectivity index (χ3v) is 8.98. The number of aliphatic hydroxyl groups excluding tert-OH is 1. The second-order valence-electron chi connectivity index (χ2n) is 10.9. The van der Waals surface area contributed by atoms with Gasteiger partial charge in [0.2, 0.25) is 5.95 Å². The smallest absolute Gasteiger partial charge is 0.225 e. The van der Waals surface area contributed by atoms with Crippen molar-refractivity contribution in [3.05, 3.63) is 65.6 Å². The number of benzene rings is 1. The summed E-state index contributed by atoms with van der Waals surface area (Å²) in [5, 5.41) is 18.5. The summed E-state index contributed by atoms with van der Waals surface area (Å²) in [6.07, 6.45) is 5.68. The molecule has 3 unspecified atom stereocenters. The molecule has 204 valence electrons.